The zero-order chi connectivity index (χ0) is 14.1. The Morgan fingerprint density at radius 1 is 1.22 bits per heavy atom. The summed E-state index contributed by atoms with van der Waals surface area (Å²) in [7, 11) is 0. The molecule has 1 aromatic rings. The van der Waals surface area contributed by atoms with Crippen molar-refractivity contribution in [3.05, 3.63) is 23.0 Å². The Bertz CT molecular complexity index is 440. The summed E-state index contributed by atoms with van der Waals surface area (Å²) < 4.78 is 76.8. The molecule has 0 fully saturated rings. The van der Waals surface area contributed by atoms with Crippen LogP contribution in [0.5, 0.6) is 5.75 Å². The summed E-state index contributed by atoms with van der Waals surface area (Å²) in [6.45, 7) is 0.972. The van der Waals surface area contributed by atoms with E-state index in [4.69, 9.17) is 5.73 Å². The van der Waals surface area contributed by atoms with E-state index in [0.717, 1.165) is 0 Å². The van der Waals surface area contributed by atoms with E-state index < -0.39 is 24.0 Å². The third-order valence-corrected chi connectivity index (χ3v) is 1.97. The molecular formula is C9H8F6N2O. The van der Waals surface area contributed by atoms with Crippen molar-refractivity contribution in [3.8, 4) is 5.75 Å². The first-order valence-electron chi connectivity index (χ1n) is 4.58. The summed E-state index contributed by atoms with van der Waals surface area (Å²) in [4.78, 5) is 3.07. The van der Waals surface area contributed by atoms with E-state index in [-0.39, 0.29) is 17.8 Å². The molecule has 0 aliphatic carbocycles. The molecule has 0 saturated carbocycles. The molecule has 0 saturated heterocycles. The lowest BCUT2D eigenvalue weighted by molar-refractivity contribution is -0.276. The molecule has 1 aromatic heterocycles. The molecule has 102 valence electrons. The van der Waals surface area contributed by atoms with Crippen molar-refractivity contribution < 1.29 is 31.1 Å². The number of aromatic nitrogens is 1. The Balaban J connectivity index is 3.35. The fraction of sp³-hybridized carbons (Fsp3) is 0.444. The molecule has 3 nitrogen and oxygen atoms in total. The average Bonchev–Trinajstić information content (AvgIpc) is 2.13. The summed E-state index contributed by atoms with van der Waals surface area (Å²) in [5, 5.41) is 0. The van der Waals surface area contributed by atoms with Crippen LogP contribution in [0, 0.1) is 6.92 Å². The summed E-state index contributed by atoms with van der Waals surface area (Å²) in [5.74, 6) is -1.38. The second-order valence-electron chi connectivity index (χ2n) is 3.35. The molecule has 0 atom stereocenters. The number of hydrogen-bond donors (Lipinski definition) is 1. The monoisotopic (exact) mass is 274 g/mol. The molecule has 0 unspecified atom stereocenters. The standard InChI is InChI=1S/C9H8F6N2O/c1-4-2-6(18-9(13,14)15)7(8(10,11)12)17-5(4)3-16/h2H,3,16H2,1H3. The molecular weight excluding hydrogens is 266 g/mol. The number of halogens is 6. The van der Waals surface area contributed by atoms with Crippen LogP contribution in [-0.2, 0) is 12.7 Å². The Morgan fingerprint density at radius 3 is 2.17 bits per heavy atom. The van der Waals surface area contributed by atoms with Crippen LogP contribution in [0.3, 0.4) is 0 Å². The highest BCUT2D eigenvalue weighted by Gasteiger charge is 2.41. The number of aryl methyl sites for hydroxylation is 1. The van der Waals surface area contributed by atoms with Gasteiger partial charge in [-0.3, -0.25) is 0 Å². The van der Waals surface area contributed by atoms with Crippen molar-refractivity contribution in [1.82, 2.24) is 4.98 Å². The van der Waals surface area contributed by atoms with Crippen LogP contribution in [0.2, 0.25) is 0 Å². The minimum absolute atomic E-state index is 0.0877. The van der Waals surface area contributed by atoms with E-state index in [1.165, 1.54) is 6.92 Å². The van der Waals surface area contributed by atoms with Gasteiger partial charge in [-0.1, -0.05) is 0 Å². The maximum atomic E-state index is 12.5. The Morgan fingerprint density at radius 2 is 1.78 bits per heavy atom. The zero-order valence-electron chi connectivity index (χ0n) is 8.99. The van der Waals surface area contributed by atoms with Gasteiger partial charge >= 0.3 is 12.5 Å². The molecule has 0 radical (unpaired) electrons. The van der Waals surface area contributed by atoms with Gasteiger partial charge in [0.25, 0.3) is 0 Å². The molecule has 0 aliphatic rings. The number of nitrogens with zero attached hydrogens (tertiary/aromatic N) is 1. The SMILES string of the molecule is Cc1cc(OC(F)(F)F)c(C(F)(F)F)nc1CN. The van der Waals surface area contributed by atoms with Crippen LogP contribution in [0.4, 0.5) is 26.3 Å². The van der Waals surface area contributed by atoms with Crippen LogP contribution >= 0.6 is 0 Å². The maximum Gasteiger partial charge on any atom is 0.573 e. The second kappa shape index (κ2) is 4.63. The van der Waals surface area contributed by atoms with E-state index in [0.29, 0.717) is 6.07 Å². The van der Waals surface area contributed by atoms with Gasteiger partial charge in [-0.25, -0.2) is 4.98 Å². The van der Waals surface area contributed by atoms with E-state index in [1.54, 1.807) is 0 Å². The van der Waals surface area contributed by atoms with Gasteiger partial charge < -0.3 is 10.5 Å². The Hall–Kier alpha value is -1.51. The zero-order valence-corrected chi connectivity index (χ0v) is 8.99. The van der Waals surface area contributed by atoms with Gasteiger partial charge in [-0.05, 0) is 18.6 Å². The molecule has 1 heterocycles. The minimum atomic E-state index is -5.22. The molecule has 9 heteroatoms. The largest absolute Gasteiger partial charge is 0.573 e. The van der Waals surface area contributed by atoms with E-state index in [9.17, 15) is 26.3 Å². The van der Waals surface area contributed by atoms with Crippen molar-refractivity contribution >= 4 is 0 Å². The van der Waals surface area contributed by atoms with Crippen molar-refractivity contribution in [2.75, 3.05) is 0 Å². The van der Waals surface area contributed by atoms with Gasteiger partial charge in [0.1, 0.15) is 0 Å². The second-order valence-corrected chi connectivity index (χ2v) is 3.35. The highest BCUT2D eigenvalue weighted by atomic mass is 19.4. The topological polar surface area (TPSA) is 48.1 Å². The summed E-state index contributed by atoms with van der Waals surface area (Å²) in [6.07, 6.45) is -10.3. The van der Waals surface area contributed by atoms with Gasteiger partial charge in [-0.15, -0.1) is 13.2 Å². The number of rotatable bonds is 2. The number of hydrogen-bond acceptors (Lipinski definition) is 3. The Kier molecular flexibility index (Phi) is 3.75. The molecule has 2 N–H and O–H groups in total. The smallest absolute Gasteiger partial charge is 0.403 e. The van der Waals surface area contributed by atoms with Gasteiger partial charge in [0, 0.05) is 6.54 Å². The first-order chi connectivity index (χ1) is 8.04. The number of pyridine rings is 1. The molecule has 0 bridgehead atoms. The van der Waals surface area contributed by atoms with Gasteiger partial charge in [0.15, 0.2) is 11.4 Å². The number of alkyl halides is 6. The summed E-state index contributed by atoms with van der Waals surface area (Å²) >= 11 is 0. The predicted octanol–water partition coefficient (Wildman–Crippen LogP) is 2.77. The summed E-state index contributed by atoms with van der Waals surface area (Å²) in [5.41, 5.74) is 3.35. The lowest BCUT2D eigenvalue weighted by atomic mass is 10.1. The predicted molar refractivity (Wildman–Crippen MR) is 48.6 cm³/mol. The fourth-order valence-electron chi connectivity index (χ4n) is 1.24. The highest BCUT2D eigenvalue weighted by molar-refractivity contribution is 5.36. The van der Waals surface area contributed by atoms with Crippen molar-refractivity contribution in [1.29, 1.82) is 0 Å². The quantitative estimate of drug-likeness (QED) is 0.843. The molecule has 18 heavy (non-hydrogen) atoms. The van der Waals surface area contributed by atoms with Gasteiger partial charge in [-0.2, -0.15) is 13.2 Å². The molecule has 0 spiro atoms. The van der Waals surface area contributed by atoms with Crippen molar-refractivity contribution in [2.24, 2.45) is 5.73 Å². The number of ether oxygens (including phenoxy) is 1. The maximum absolute atomic E-state index is 12.5. The van der Waals surface area contributed by atoms with E-state index >= 15 is 0 Å². The lowest BCUT2D eigenvalue weighted by Crippen LogP contribution is -2.22. The van der Waals surface area contributed by atoms with E-state index in [1.807, 2.05) is 0 Å². The molecule has 0 aliphatic heterocycles. The molecule has 1 rings (SSSR count). The van der Waals surface area contributed by atoms with Gasteiger partial charge in [0.2, 0.25) is 0 Å². The van der Waals surface area contributed by atoms with Crippen molar-refractivity contribution in [2.45, 2.75) is 26.0 Å². The molecule has 0 aromatic carbocycles. The normalized spacial score (nSPS) is 12.7. The van der Waals surface area contributed by atoms with E-state index in [2.05, 4.69) is 9.72 Å². The van der Waals surface area contributed by atoms with Gasteiger partial charge in [0.05, 0.1) is 5.69 Å². The fourth-order valence-corrected chi connectivity index (χ4v) is 1.24. The van der Waals surface area contributed by atoms with Crippen LogP contribution < -0.4 is 10.5 Å². The summed E-state index contributed by atoms with van der Waals surface area (Å²) in [6, 6.07) is 0.617. The Labute approximate surface area is 97.6 Å². The first kappa shape index (κ1) is 14.6. The average molecular weight is 274 g/mol. The minimum Gasteiger partial charge on any atom is -0.403 e. The third-order valence-electron chi connectivity index (χ3n) is 1.97. The third kappa shape index (κ3) is 3.49. The molecule has 0 amide bonds. The lowest BCUT2D eigenvalue weighted by Gasteiger charge is -2.16. The first-order valence-corrected chi connectivity index (χ1v) is 4.58. The highest BCUT2D eigenvalue weighted by Crippen LogP contribution is 2.37. The van der Waals surface area contributed by atoms with Crippen LogP contribution in [0.1, 0.15) is 17.0 Å². The van der Waals surface area contributed by atoms with Crippen molar-refractivity contribution in [3.63, 3.8) is 0 Å². The number of nitrogens with two attached hydrogens (primary N) is 1. The van der Waals surface area contributed by atoms with Crippen LogP contribution in [0.15, 0.2) is 6.07 Å². The van der Waals surface area contributed by atoms with Crippen LogP contribution in [0.25, 0.3) is 0 Å². The van der Waals surface area contributed by atoms with Crippen LogP contribution in [-0.4, -0.2) is 11.3 Å².